The molecule has 0 aliphatic rings. The standard InChI is InChI=1S/C12H20N2.C2H6/c1-4-12(13-3)6-5-11-7-8-14-10(2)9-11;1-2/h7-9,12-13H,4-6H2,1-3H3;1-2H3. The zero-order valence-corrected chi connectivity index (χ0v) is 11.4. The van der Waals surface area contributed by atoms with E-state index in [4.69, 9.17) is 0 Å². The number of nitrogens with one attached hydrogen (secondary N) is 1. The molecule has 0 radical (unpaired) electrons. The number of hydrogen-bond acceptors (Lipinski definition) is 2. The maximum atomic E-state index is 4.19. The van der Waals surface area contributed by atoms with Gasteiger partial charge in [-0.3, -0.25) is 4.98 Å². The summed E-state index contributed by atoms with van der Waals surface area (Å²) < 4.78 is 0. The molecule has 1 atom stereocenters. The van der Waals surface area contributed by atoms with Crippen LogP contribution >= 0.6 is 0 Å². The van der Waals surface area contributed by atoms with Crippen LogP contribution in [0.3, 0.4) is 0 Å². The third-order valence-electron chi connectivity index (χ3n) is 2.64. The molecule has 0 bridgehead atoms. The minimum absolute atomic E-state index is 0.642. The molecular weight excluding hydrogens is 196 g/mol. The molecule has 0 aliphatic heterocycles. The maximum absolute atomic E-state index is 4.19. The summed E-state index contributed by atoms with van der Waals surface area (Å²) in [6.07, 6.45) is 5.44. The Hall–Kier alpha value is -0.890. The summed E-state index contributed by atoms with van der Waals surface area (Å²) in [5.74, 6) is 0. The molecule has 0 aromatic carbocycles. The summed E-state index contributed by atoms with van der Waals surface area (Å²) in [5, 5.41) is 3.32. The molecule has 1 heterocycles. The van der Waals surface area contributed by atoms with Gasteiger partial charge in [-0.05, 0) is 50.9 Å². The molecule has 0 fully saturated rings. The van der Waals surface area contributed by atoms with E-state index in [1.54, 1.807) is 0 Å². The van der Waals surface area contributed by atoms with Crippen molar-refractivity contribution in [2.45, 2.75) is 53.0 Å². The van der Waals surface area contributed by atoms with Gasteiger partial charge < -0.3 is 5.32 Å². The van der Waals surface area contributed by atoms with Crippen molar-refractivity contribution < 1.29 is 0 Å². The Labute approximate surface area is 100 Å². The molecule has 1 aromatic heterocycles. The zero-order chi connectivity index (χ0) is 12.4. The fraction of sp³-hybridized carbons (Fsp3) is 0.643. The van der Waals surface area contributed by atoms with E-state index in [0.29, 0.717) is 6.04 Å². The Morgan fingerprint density at radius 2 is 2.06 bits per heavy atom. The van der Waals surface area contributed by atoms with Crippen LogP contribution in [-0.4, -0.2) is 18.1 Å². The molecule has 0 saturated heterocycles. The van der Waals surface area contributed by atoms with Gasteiger partial charge in [0.15, 0.2) is 0 Å². The molecule has 92 valence electrons. The van der Waals surface area contributed by atoms with Crippen molar-refractivity contribution in [3.8, 4) is 0 Å². The summed E-state index contributed by atoms with van der Waals surface area (Å²) in [6, 6.07) is 4.92. The Bertz CT molecular complexity index is 267. The van der Waals surface area contributed by atoms with Crippen LogP contribution in [0, 0.1) is 6.92 Å². The van der Waals surface area contributed by atoms with E-state index in [9.17, 15) is 0 Å². The molecule has 1 N–H and O–H groups in total. The molecule has 1 unspecified atom stereocenters. The molecular formula is C14H26N2. The normalized spacial score (nSPS) is 11.6. The third kappa shape index (κ3) is 5.86. The summed E-state index contributed by atoms with van der Waals surface area (Å²) in [7, 11) is 2.03. The second-order valence-electron chi connectivity index (χ2n) is 3.74. The van der Waals surface area contributed by atoms with Crippen molar-refractivity contribution in [1.29, 1.82) is 0 Å². The van der Waals surface area contributed by atoms with E-state index < -0.39 is 0 Å². The van der Waals surface area contributed by atoms with E-state index in [1.807, 2.05) is 34.0 Å². The predicted molar refractivity (Wildman–Crippen MR) is 71.8 cm³/mol. The number of hydrogen-bond donors (Lipinski definition) is 1. The van der Waals surface area contributed by atoms with E-state index in [0.717, 1.165) is 12.1 Å². The second kappa shape index (κ2) is 9.34. The Morgan fingerprint density at radius 1 is 1.38 bits per heavy atom. The van der Waals surface area contributed by atoms with Gasteiger partial charge >= 0.3 is 0 Å². The van der Waals surface area contributed by atoms with Gasteiger partial charge in [-0.25, -0.2) is 0 Å². The quantitative estimate of drug-likeness (QED) is 0.826. The SMILES string of the molecule is CC.CCC(CCc1ccnc(C)c1)NC. The Morgan fingerprint density at radius 3 is 2.56 bits per heavy atom. The van der Waals surface area contributed by atoms with Crippen molar-refractivity contribution in [2.75, 3.05) is 7.05 Å². The first-order chi connectivity index (χ1) is 7.76. The van der Waals surface area contributed by atoms with Gasteiger partial charge in [0, 0.05) is 17.9 Å². The van der Waals surface area contributed by atoms with Gasteiger partial charge in [-0.2, -0.15) is 0 Å². The molecule has 0 aliphatic carbocycles. The van der Waals surface area contributed by atoms with Crippen LogP contribution in [0.25, 0.3) is 0 Å². The van der Waals surface area contributed by atoms with Crippen LogP contribution < -0.4 is 5.32 Å². The monoisotopic (exact) mass is 222 g/mol. The lowest BCUT2D eigenvalue weighted by Gasteiger charge is -2.13. The minimum atomic E-state index is 0.642. The van der Waals surface area contributed by atoms with Crippen LogP contribution in [0.2, 0.25) is 0 Å². The summed E-state index contributed by atoms with van der Waals surface area (Å²) in [6.45, 7) is 8.26. The topological polar surface area (TPSA) is 24.9 Å². The lowest BCUT2D eigenvalue weighted by atomic mass is 10.0. The predicted octanol–water partition coefficient (Wildman–Crippen LogP) is 3.35. The van der Waals surface area contributed by atoms with Gasteiger partial charge in [0.05, 0.1) is 0 Å². The lowest BCUT2D eigenvalue weighted by molar-refractivity contribution is 0.508. The van der Waals surface area contributed by atoms with E-state index in [-0.39, 0.29) is 0 Å². The summed E-state index contributed by atoms with van der Waals surface area (Å²) >= 11 is 0. The van der Waals surface area contributed by atoms with Gasteiger partial charge in [0.25, 0.3) is 0 Å². The van der Waals surface area contributed by atoms with Crippen LogP contribution in [-0.2, 0) is 6.42 Å². The van der Waals surface area contributed by atoms with Crippen molar-refractivity contribution in [3.63, 3.8) is 0 Å². The molecule has 16 heavy (non-hydrogen) atoms. The smallest absolute Gasteiger partial charge is 0.0375 e. The highest BCUT2D eigenvalue weighted by Gasteiger charge is 2.03. The van der Waals surface area contributed by atoms with Crippen molar-refractivity contribution in [1.82, 2.24) is 10.3 Å². The molecule has 0 amide bonds. The highest BCUT2D eigenvalue weighted by Crippen LogP contribution is 2.07. The number of aromatic nitrogens is 1. The van der Waals surface area contributed by atoms with Crippen molar-refractivity contribution in [3.05, 3.63) is 29.6 Å². The molecule has 2 nitrogen and oxygen atoms in total. The number of pyridine rings is 1. The molecule has 2 heteroatoms. The van der Waals surface area contributed by atoms with E-state index >= 15 is 0 Å². The molecule has 0 saturated carbocycles. The second-order valence-corrected chi connectivity index (χ2v) is 3.74. The highest BCUT2D eigenvalue weighted by atomic mass is 14.9. The zero-order valence-electron chi connectivity index (χ0n) is 11.4. The molecule has 1 aromatic rings. The Kier molecular flexibility index (Phi) is 8.82. The molecule has 0 spiro atoms. The highest BCUT2D eigenvalue weighted by molar-refractivity contribution is 5.15. The first kappa shape index (κ1) is 15.1. The maximum Gasteiger partial charge on any atom is 0.0375 e. The summed E-state index contributed by atoms with van der Waals surface area (Å²) in [5.41, 5.74) is 2.51. The van der Waals surface area contributed by atoms with Crippen LogP contribution in [0.15, 0.2) is 18.3 Å². The van der Waals surface area contributed by atoms with Crippen molar-refractivity contribution in [2.24, 2.45) is 0 Å². The number of aryl methyl sites for hydroxylation is 2. The van der Waals surface area contributed by atoms with Gasteiger partial charge in [0.2, 0.25) is 0 Å². The number of nitrogens with zero attached hydrogens (tertiary/aromatic N) is 1. The first-order valence-electron chi connectivity index (χ1n) is 6.35. The summed E-state index contributed by atoms with van der Waals surface area (Å²) in [4.78, 5) is 4.19. The van der Waals surface area contributed by atoms with Gasteiger partial charge in [-0.1, -0.05) is 20.8 Å². The average Bonchev–Trinajstić information content (AvgIpc) is 2.33. The fourth-order valence-corrected chi connectivity index (χ4v) is 1.65. The van der Waals surface area contributed by atoms with Crippen LogP contribution in [0.5, 0.6) is 0 Å². The first-order valence-corrected chi connectivity index (χ1v) is 6.35. The molecule has 1 rings (SSSR count). The largest absolute Gasteiger partial charge is 0.317 e. The number of rotatable bonds is 5. The van der Waals surface area contributed by atoms with Crippen LogP contribution in [0.1, 0.15) is 44.9 Å². The average molecular weight is 222 g/mol. The van der Waals surface area contributed by atoms with E-state index in [1.165, 1.54) is 18.4 Å². The minimum Gasteiger partial charge on any atom is -0.317 e. The fourth-order valence-electron chi connectivity index (χ4n) is 1.65. The van der Waals surface area contributed by atoms with Gasteiger partial charge in [-0.15, -0.1) is 0 Å². The third-order valence-corrected chi connectivity index (χ3v) is 2.64. The van der Waals surface area contributed by atoms with Gasteiger partial charge in [0.1, 0.15) is 0 Å². The van der Waals surface area contributed by atoms with Crippen molar-refractivity contribution >= 4 is 0 Å². The lowest BCUT2D eigenvalue weighted by Crippen LogP contribution is -2.24. The Balaban J connectivity index is 0.00000106. The van der Waals surface area contributed by atoms with E-state index in [2.05, 4.69) is 29.4 Å². The van der Waals surface area contributed by atoms with Crippen LogP contribution in [0.4, 0.5) is 0 Å².